The lowest BCUT2D eigenvalue weighted by Crippen LogP contribution is -2.48. The lowest BCUT2D eigenvalue weighted by atomic mass is 9.73. The van der Waals surface area contributed by atoms with Crippen LogP contribution in [0.15, 0.2) is 0 Å². The van der Waals surface area contributed by atoms with Crippen molar-refractivity contribution in [1.82, 2.24) is 0 Å². The first-order chi connectivity index (χ1) is 11.5. The minimum absolute atomic E-state index is 0.149. The Hall–Kier alpha value is -0.940. The zero-order valence-electron chi connectivity index (χ0n) is 12.2. The minimum Gasteiger partial charge on any atom is -0.459 e. The number of carbonyl (C=O) groups excluding carboxylic acids is 3. The van der Waals surface area contributed by atoms with Crippen molar-refractivity contribution in [2.45, 2.75) is 49.1 Å². The van der Waals surface area contributed by atoms with Crippen molar-refractivity contribution in [3.8, 4) is 0 Å². The average Bonchev–Trinajstić information content (AvgIpc) is 3.07. The van der Waals surface area contributed by atoms with Gasteiger partial charge in [0.25, 0.3) is 5.79 Å². The Balaban J connectivity index is 1.46. The number of fused-ring (bicyclic) bond motifs is 2. The molecule has 24 heavy (non-hydrogen) atoms. The Morgan fingerprint density at radius 1 is 1.21 bits per heavy atom. The summed E-state index contributed by atoms with van der Waals surface area (Å²) in [4.78, 5) is 37.7. The van der Waals surface area contributed by atoms with Gasteiger partial charge in [0.05, 0.1) is 28.5 Å². The van der Waals surface area contributed by atoms with E-state index in [1.54, 1.807) is 0 Å². The van der Waals surface area contributed by atoms with E-state index < -0.39 is 52.3 Å². The van der Waals surface area contributed by atoms with Crippen molar-refractivity contribution in [3.05, 3.63) is 0 Å². The molecule has 1 aliphatic carbocycles. The van der Waals surface area contributed by atoms with Gasteiger partial charge in [-0.3, -0.25) is 14.4 Å². The third-order valence-corrected chi connectivity index (χ3v) is 8.15. The third-order valence-electron chi connectivity index (χ3n) is 7.53. The summed E-state index contributed by atoms with van der Waals surface area (Å²) >= 11 is 1.90. The van der Waals surface area contributed by atoms with Gasteiger partial charge in [-0.25, -0.2) is 0 Å². The fourth-order valence-electron chi connectivity index (χ4n) is 7.37. The zero-order chi connectivity index (χ0) is 16.3. The lowest BCUT2D eigenvalue weighted by molar-refractivity contribution is -0.219. The van der Waals surface area contributed by atoms with E-state index in [4.69, 9.17) is 23.7 Å². The molecular formula is C15H11IO8. The van der Waals surface area contributed by atoms with Gasteiger partial charge in [0, 0.05) is 6.42 Å². The molecular weight excluding hydrogens is 435 g/mol. The predicted molar refractivity (Wildman–Crippen MR) is 77.5 cm³/mol. The molecule has 0 aromatic heterocycles. The monoisotopic (exact) mass is 446 g/mol. The third kappa shape index (κ3) is 0.798. The van der Waals surface area contributed by atoms with Gasteiger partial charge in [-0.1, -0.05) is 22.6 Å². The summed E-state index contributed by atoms with van der Waals surface area (Å²) in [6, 6.07) is 0. The second-order valence-corrected chi connectivity index (χ2v) is 8.49. The van der Waals surface area contributed by atoms with Crippen molar-refractivity contribution in [3.63, 3.8) is 0 Å². The molecule has 3 spiro atoms. The predicted octanol–water partition coefficient (Wildman–Crippen LogP) is -0.542. The average molecular weight is 446 g/mol. The molecule has 7 aliphatic rings. The van der Waals surface area contributed by atoms with Gasteiger partial charge in [0.2, 0.25) is 0 Å². The first-order valence-corrected chi connectivity index (χ1v) is 9.56. The number of rotatable bonds is 2. The van der Waals surface area contributed by atoms with Gasteiger partial charge in [0.1, 0.15) is 23.0 Å². The number of esters is 3. The SMILES string of the molecule is O=C(CI)OC12CC3O[C@@H]1C1(C(=O)O2)C24C(=O)OC5CC(OC52)C341. The maximum atomic E-state index is 13.0. The molecule has 8 nitrogen and oxygen atoms in total. The van der Waals surface area contributed by atoms with E-state index in [2.05, 4.69) is 0 Å². The minimum atomic E-state index is -1.40. The molecule has 0 radical (unpaired) electrons. The second kappa shape index (κ2) is 3.23. The number of alkyl halides is 1. The van der Waals surface area contributed by atoms with E-state index in [1.165, 1.54) is 0 Å². The quantitative estimate of drug-likeness (QED) is 0.317. The van der Waals surface area contributed by atoms with Crippen LogP contribution >= 0.6 is 22.6 Å². The van der Waals surface area contributed by atoms with Crippen molar-refractivity contribution in [2.75, 3.05) is 4.43 Å². The van der Waals surface area contributed by atoms with Gasteiger partial charge >= 0.3 is 17.9 Å². The highest BCUT2D eigenvalue weighted by Crippen LogP contribution is 2.99. The maximum absolute atomic E-state index is 13.0. The van der Waals surface area contributed by atoms with Crippen LogP contribution in [0.25, 0.3) is 0 Å². The second-order valence-electron chi connectivity index (χ2n) is 7.73. The maximum Gasteiger partial charge on any atom is 0.320 e. The van der Waals surface area contributed by atoms with Gasteiger partial charge < -0.3 is 23.7 Å². The van der Waals surface area contributed by atoms with Crippen molar-refractivity contribution >= 4 is 40.5 Å². The molecule has 7 rings (SSSR count). The molecule has 8 unspecified atom stereocenters. The summed E-state index contributed by atoms with van der Waals surface area (Å²) in [6.07, 6.45) is -1.21. The Kier molecular flexibility index (Phi) is 1.79. The summed E-state index contributed by atoms with van der Waals surface area (Å²) in [6.45, 7) is 0. The molecule has 0 aromatic carbocycles. The van der Waals surface area contributed by atoms with E-state index in [-0.39, 0.29) is 29.0 Å². The van der Waals surface area contributed by atoms with Crippen LogP contribution in [0.2, 0.25) is 0 Å². The van der Waals surface area contributed by atoms with E-state index in [1.807, 2.05) is 22.6 Å². The van der Waals surface area contributed by atoms with Crippen molar-refractivity contribution < 1.29 is 38.1 Å². The van der Waals surface area contributed by atoms with Gasteiger partial charge in [-0.05, 0) is 0 Å². The number of hydrogen-bond donors (Lipinski definition) is 0. The molecule has 4 bridgehead atoms. The van der Waals surface area contributed by atoms with Crippen molar-refractivity contribution in [1.29, 1.82) is 0 Å². The number of hydrogen-bond acceptors (Lipinski definition) is 8. The number of ether oxygens (including phenoxy) is 5. The molecule has 126 valence electrons. The largest absolute Gasteiger partial charge is 0.459 e. The summed E-state index contributed by atoms with van der Waals surface area (Å²) in [5.74, 6) is -2.72. The van der Waals surface area contributed by atoms with Gasteiger partial charge in [0.15, 0.2) is 6.10 Å². The molecule has 6 heterocycles. The number of halogens is 1. The fraction of sp³-hybridized carbons (Fsp3) is 0.800. The molecule has 9 atom stereocenters. The van der Waals surface area contributed by atoms with E-state index in [9.17, 15) is 14.4 Å². The van der Waals surface area contributed by atoms with Gasteiger partial charge in [-0.2, -0.15) is 0 Å². The topological polar surface area (TPSA) is 97.4 Å². The highest BCUT2D eigenvalue weighted by atomic mass is 127. The van der Waals surface area contributed by atoms with Crippen LogP contribution in [0.3, 0.4) is 0 Å². The van der Waals surface area contributed by atoms with E-state index >= 15 is 0 Å². The highest BCUT2D eigenvalue weighted by Gasteiger charge is 3.16. The standard InChI is InChI=1S/C15H11IO8/c16-3-7(17)23-12-2-6-13-5-1-4-8(21-5)14(13,10(18)20-4)15(13,9(12)22-6)11(19)24-12/h4-6,8-9H,1-3H2/t4?,5?,6?,8?,9-,12?,13?,14?,15?/m0/s1. The Bertz CT molecular complexity index is 796. The number of carbonyl (C=O) groups is 3. The summed E-state index contributed by atoms with van der Waals surface area (Å²) in [5, 5.41) is 0. The molecule has 7 fully saturated rings. The van der Waals surface area contributed by atoms with Gasteiger partial charge in [-0.15, -0.1) is 0 Å². The molecule has 0 N–H and O–H groups in total. The summed E-state index contributed by atoms with van der Waals surface area (Å²) in [7, 11) is 0. The zero-order valence-corrected chi connectivity index (χ0v) is 14.3. The van der Waals surface area contributed by atoms with Crippen LogP contribution in [-0.4, -0.2) is 58.6 Å². The first kappa shape index (κ1) is 13.3. The molecule has 1 saturated carbocycles. The smallest absolute Gasteiger partial charge is 0.320 e. The van der Waals surface area contributed by atoms with Crippen LogP contribution in [-0.2, 0) is 38.1 Å². The van der Waals surface area contributed by atoms with E-state index in [0.717, 1.165) is 0 Å². The summed E-state index contributed by atoms with van der Waals surface area (Å²) < 4.78 is 28.9. The van der Waals surface area contributed by atoms with Crippen LogP contribution in [0.5, 0.6) is 0 Å². The Morgan fingerprint density at radius 3 is 2.83 bits per heavy atom. The van der Waals surface area contributed by atoms with Crippen LogP contribution in [0, 0.1) is 16.2 Å². The lowest BCUT2D eigenvalue weighted by Gasteiger charge is -2.30. The normalized spacial score (nSPS) is 64.8. The molecule has 6 aliphatic heterocycles. The van der Waals surface area contributed by atoms with Crippen LogP contribution in [0.4, 0.5) is 0 Å². The Morgan fingerprint density at radius 2 is 2.04 bits per heavy atom. The van der Waals surface area contributed by atoms with Crippen molar-refractivity contribution in [2.24, 2.45) is 16.2 Å². The summed E-state index contributed by atoms with van der Waals surface area (Å²) in [5.41, 5.74) is -2.81. The molecule has 6 saturated heterocycles. The molecule has 0 amide bonds. The highest BCUT2D eigenvalue weighted by molar-refractivity contribution is 14.1. The molecule has 9 heteroatoms. The fourth-order valence-corrected chi connectivity index (χ4v) is 7.53. The van der Waals surface area contributed by atoms with Crippen LogP contribution in [0.1, 0.15) is 12.8 Å². The molecule has 0 aromatic rings. The van der Waals surface area contributed by atoms with E-state index in [0.29, 0.717) is 6.42 Å². The Labute approximate surface area is 148 Å². The first-order valence-electron chi connectivity index (χ1n) is 8.04. The van der Waals surface area contributed by atoms with Crippen LogP contribution < -0.4 is 0 Å².